The van der Waals surface area contributed by atoms with Gasteiger partial charge in [-0.1, -0.05) is 13.0 Å². The molecule has 0 heterocycles. The predicted octanol–water partition coefficient (Wildman–Crippen LogP) is 2.31. The summed E-state index contributed by atoms with van der Waals surface area (Å²) in [5.74, 6) is 0. The first-order valence-electron chi connectivity index (χ1n) is 2.55. The van der Waals surface area contributed by atoms with E-state index in [0.717, 1.165) is 12.0 Å². The Morgan fingerprint density at radius 2 is 2.29 bits per heavy atom. The lowest BCUT2D eigenvalue weighted by Gasteiger charge is -1.90. The number of hydrogen-bond donors (Lipinski definition) is 0. The van der Waals surface area contributed by atoms with Gasteiger partial charge >= 0.3 is 0 Å². The Morgan fingerprint density at radius 1 is 1.71 bits per heavy atom. The van der Waals surface area contributed by atoms with Gasteiger partial charge in [0.1, 0.15) is 6.67 Å². The van der Waals surface area contributed by atoms with E-state index < -0.39 is 0 Å². The van der Waals surface area contributed by atoms with Gasteiger partial charge in [-0.05, 0) is 18.9 Å². The highest BCUT2D eigenvalue weighted by molar-refractivity contribution is 4.98. The normalized spacial score (nSPS) is 12.1. The molecule has 0 amide bonds. The van der Waals surface area contributed by atoms with Crippen molar-refractivity contribution in [1.29, 1.82) is 0 Å². The van der Waals surface area contributed by atoms with E-state index in [1.54, 1.807) is 0 Å². The van der Waals surface area contributed by atoms with E-state index >= 15 is 0 Å². The van der Waals surface area contributed by atoms with Crippen LogP contribution in [-0.4, -0.2) is 6.67 Å². The zero-order chi connectivity index (χ0) is 5.70. The fraction of sp³-hybridized carbons (Fsp3) is 0.667. The number of alkyl halides is 1. The van der Waals surface area contributed by atoms with Crippen molar-refractivity contribution in [2.75, 3.05) is 6.67 Å². The van der Waals surface area contributed by atoms with Crippen LogP contribution in [0.15, 0.2) is 11.6 Å². The Labute approximate surface area is 44.0 Å². The molecular weight excluding hydrogens is 91.1 g/mol. The third kappa shape index (κ3) is 2.38. The number of rotatable bonds is 2. The highest BCUT2D eigenvalue weighted by Gasteiger charge is 1.85. The molecule has 0 bridgehead atoms. The van der Waals surface area contributed by atoms with Gasteiger partial charge in [-0.2, -0.15) is 0 Å². The van der Waals surface area contributed by atoms with Gasteiger partial charge in [-0.15, -0.1) is 0 Å². The van der Waals surface area contributed by atoms with Crippen LogP contribution in [0, 0.1) is 0 Å². The largest absolute Gasteiger partial charge is 0.246 e. The summed E-state index contributed by atoms with van der Waals surface area (Å²) in [6.45, 7) is 3.53. The molecule has 1 heteroatoms. The Balaban J connectivity index is 3.38. The van der Waals surface area contributed by atoms with Crippen LogP contribution in [0.4, 0.5) is 4.39 Å². The topological polar surface area (TPSA) is 0 Å². The SMILES string of the molecule is C/C=C(/CC)CF. The zero-order valence-electron chi connectivity index (χ0n) is 4.87. The Morgan fingerprint density at radius 3 is 2.29 bits per heavy atom. The van der Waals surface area contributed by atoms with E-state index in [2.05, 4.69) is 0 Å². The molecule has 0 atom stereocenters. The number of halogens is 1. The van der Waals surface area contributed by atoms with Gasteiger partial charge in [0, 0.05) is 0 Å². The van der Waals surface area contributed by atoms with E-state index in [1.165, 1.54) is 0 Å². The van der Waals surface area contributed by atoms with Crippen molar-refractivity contribution < 1.29 is 4.39 Å². The van der Waals surface area contributed by atoms with Gasteiger partial charge in [0.25, 0.3) is 0 Å². The van der Waals surface area contributed by atoms with Crippen molar-refractivity contribution in [2.24, 2.45) is 0 Å². The Hall–Kier alpha value is -0.330. The van der Waals surface area contributed by atoms with E-state index in [0.29, 0.717) is 0 Å². The molecule has 0 spiro atoms. The zero-order valence-corrected chi connectivity index (χ0v) is 4.87. The van der Waals surface area contributed by atoms with Crippen molar-refractivity contribution in [2.45, 2.75) is 20.3 Å². The summed E-state index contributed by atoms with van der Waals surface area (Å²) in [5, 5.41) is 0. The monoisotopic (exact) mass is 102 g/mol. The minimum absolute atomic E-state index is 0.285. The molecule has 0 aromatic heterocycles. The molecule has 0 nitrogen and oxygen atoms in total. The Kier molecular flexibility index (Phi) is 3.67. The summed E-state index contributed by atoms with van der Waals surface area (Å²) in [7, 11) is 0. The van der Waals surface area contributed by atoms with Crippen LogP contribution >= 0.6 is 0 Å². The second kappa shape index (κ2) is 3.85. The van der Waals surface area contributed by atoms with Crippen molar-refractivity contribution in [1.82, 2.24) is 0 Å². The summed E-state index contributed by atoms with van der Waals surface area (Å²) >= 11 is 0. The first-order chi connectivity index (χ1) is 3.35. The highest BCUT2D eigenvalue weighted by Crippen LogP contribution is 1.98. The predicted molar refractivity (Wildman–Crippen MR) is 30.0 cm³/mol. The second-order valence-electron chi connectivity index (χ2n) is 1.43. The van der Waals surface area contributed by atoms with Crippen LogP contribution < -0.4 is 0 Å². The molecule has 0 fully saturated rings. The van der Waals surface area contributed by atoms with E-state index in [-0.39, 0.29) is 6.67 Å². The molecule has 0 aliphatic rings. The fourth-order valence-electron chi connectivity index (χ4n) is 0.376. The van der Waals surface area contributed by atoms with Gasteiger partial charge < -0.3 is 0 Å². The summed E-state index contributed by atoms with van der Waals surface area (Å²) < 4.78 is 11.6. The van der Waals surface area contributed by atoms with Crippen LogP contribution in [0.2, 0.25) is 0 Å². The lowest BCUT2D eigenvalue weighted by molar-refractivity contribution is 0.534. The minimum Gasteiger partial charge on any atom is -0.246 e. The molecule has 0 aromatic carbocycles. The standard InChI is InChI=1S/C6H11F/c1-3-6(4-2)5-7/h3H,4-5H2,1-2H3/b6-3-. The maximum Gasteiger partial charge on any atom is 0.110 e. The molecule has 0 saturated carbocycles. The maximum atomic E-state index is 11.6. The molecule has 7 heavy (non-hydrogen) atoms. The van der Waals surface area contributed by atoms with Crippen LogP contribution in [0.3, 0.4) is 0 Å². The van der Waals surface area contributed by atoms with Gasteiger partial charge in [-0.25, -0.2) is 4.39 Å². The average Bonchev–Trinajstić information content (AvgIpc) is 1.72. The lowest BCUT2D eigenvalue weighted by atomic mass is 10.2. The highest BCUT2D eigenvalue weighted by atomic mass is 19.1. The summed E-state index contributed by atoms with van der Waals surface area (Å²) in [6.07, 6.45) is 2.66. The summed E-state index contributed by atoms with van der Waals surface area (Å²) in [4.78, 5) is 0. The fourth-order valence-corrected chi connectivity index (χ4v) is 0.376. The van der Waals surface area contributed by atoms with Crippen LogP contribution in [0.5, 0.6) is 0 Å². The first kappa shape index (κ1) is 6.67. The van der Waals surface area contributed by atoms with Gasteiger partial charge in [0.15, 0.2) is 0 Å². The van der Waals surface area contributed by atoms with Crippen molar-refractivity contribution >= 4 is 0 Å². The first-order valence-corrected chi connectivity index (χ1v) is 2.55. The number of allylic oxidation sites excluding steroid dienone is 2. The van der Waals surface area contributed by atoms with Crippen LogP contribution in [0.25, 0.3) is 0 Å². The number of hydrogen-bond acceptors (Lipinski definition) is 0. The van der Waals surface area contributed by atoms with Gasteiger partial charge in [-0.3, -0.25) is 0 Å². The van der Waals surface area contributed by atoms with Crippen molar-refractivity contribution in [3.63, 3.8) is 0 Å². The molecule has 0 rings (SSSR count). The molecule has 0 aromatic rings. The Bertz CT molecular complexity index is 58.6. The summed E-state index contributed by atoms with van der Waals surface area (Å²) in [6, 6.07) is 0. The molecule has 0 unspecified atom stereocenters. The minimum atomic E-state index is -0.285. The molecule has 0 aliphatic carbocycles. The quantitative estimate of drug-likeness (QED) is 0.469. The van der Waals surface area contributed by atoms with Gasteiger partial charge in [0.2, 0.25) is 0 Å². The third-order valence-electron chi connectivity index (χ3n) is 1.03. The van der Waals surface area contributed by atoms with Crippen molar-refractivity contribution in [3.8, 4) is 0 Å². The molecular formula is C6H11F. The second-order valence-corrected chi connectivity index (χ2v) is 1.43. The van der Waals surface area contributed by atoms with Crippen LogP contribution in [-0.2, 0) is 0 Å². The molecule has 0 N–H and O–H groups in total. The maximum absolute atomic E-state index is 11.6. The average molecular weight is 102 g/mol. The molecule has 0 saturated heterocycles. The smallest absolute Gasteiger partial charge is 0.110 e. The van der Waals surface area contributed by atoms with E-state index in [9.17, 15) is 4.39 Å². The van der Waals surface area contributed by atoms with E-state index in [1.807, 2.05) is 19.9 Å². The summed E-state index contributed by atoms with van der Waals surface area (Å²) in [5.41, 5.74) is 0.889. The third-order valence-corrected chi connectivity index (χ3v) is 1.03. The van der Waals surface area contributed by atoms with Crippen LogP contribution in [0.1, 0.15) is 20.3 Å². The lowest BCUT2D eigenvalue weighted by Crippen LogP contribution is -1.79. The van der Waals surface area contributed by atoms with Gasteiger partial charge in [0.05, 0.1) is 0 Å². The van der Waals surface area contributed by atoms with Crippen molar-refractivity contribution in [3.05, 3.63) is 11.6 Å². The molecule has 0 aliphatic heterocycles. The van der Waals surface area contributed by atoms with E-state index in [4.69, 9.17) is 0 Å². The molecule has 42 valence electrons. The molecule has 0 radical (unpaired) electrons.